The molecule has 2 heterocycles. The van der Waals surface area contributed by atoms with Crippen LogP contribution in [-0.2, 0) is 32.7 Å². The van der Waals surface area contributed by atoms with Crippen LogP contribution in [0, 0.1) is 0 Å². The van der Waals surface area contributed by atoms with Gasteiger partial charge in [0.25, 0.3) is 5.56 Å². The summed E-state index contributed by atoms with van der Waals surface area (Å²) in [6.45, 7) is 4.32. The summed E-state index contributed by atoms with van der Waals surface area (Å²) in [7, 11) is -0.194. The van der Waals surface area contributed by atoms with Crippen LogP contribution in [0.1, 0.15) is 25.1 Å². The lowest BCUT2D eigenvalue weighted by molar-refractivity contribution is 0.219. The summed E-state index contributed by atoms with van der Waals surface area (Å²) in [6, 6.07) is 10.6. The Morgan fingerprint density at radius 2 is 1.69 bits per heavy atom. The van der Waals surface area contributed by atoms with Gasteiger partial charge in [-0.2, -0.15) is 0 Å². The third-order valence-electron chi connectivity index (χ3n) is 5.93. The first-order valence-electron chi connectivity index (χ1n) is 12.4. The van der Waals surface area contributed by atoms with Gasteiger partial charge in [0.05, 0.1) is 56.4 Å². The third kappa shape index (κ3) is 6.65. The maximum absolute atomic E-state index is 13.6. The largest absolute Gasteiger partial charge is 0.493 e. The Labute approximate surface area is 231 Å². The van der Waals surface area contributed by atoms with Crippen LogP contribution in [0.3, 0.4) is 0 Å². The summed E-state index contributed by atoms with van der Waals surface area (Å²) in [4.78, 5) is 27.3. The van der Waals surface area contributed by atoms with Crippen molar-refractivity contribution in [3.8, 4) is 23.0 Å². The highest BCUT2D eigenvalue weighted by Crippen LogP contribution is 2.50. The normalized spacial score (nSPS) is 11.6. The van der Waals surface area contributed by atoms with E-state index in [0.717, 1.165) is 5.56 Å². The summed E-state index contributed by atoms with van der Waals surface area (Å²) in [5, 5.41) is 0.905. The van der Waals surface area contributed by atoms with E-state index in [-0.39, 0.29) is 24.9 Å². The molecule has 0 aliphatic carbocycles. The number of aromatic nitrogens is 4. The van der Waals surface area contributed by atoms with E-state index in [4.69, 9.17) is 35.1 Å². The molecule has 0 aliphatic rings. The van der Waals surface area contributed by atoms with Crippen molar-refractivity contribution in [3.05, 3.63) is 75.4 Å². The monoisotopic (exact) mass is 572 g/mol. The number of aryl methyl sites for hydroxylation is 1. The fraction of sp³-hybridized carbons (Fsp3) is 0.333. The van der Waals surface area contributed by atoms with E-state index < -0.39 is 7.60 Å². The van der Waals surface area contributed by atoms with E-state index in [1.165, 1.54) is 12.4 Å². The molecule has 10 nitrogen and oxygen atoms in total. The molecule has 0 saturated carbocycles. The second-order valence-electron chi connectivity index (χ2n) is 8.49. The fourth-order valence-corrected chi connectivity index (χ4v) is 5.92. The zero-order chi connectivity index (χ0) is 28.0. The van der Waals surface area contributed by atoms with Gasteiger partial charge >= 0.3 is 7.60 Å². The first-order valence-corrected chi connectivity index (χ1v) is 14.5. The summed E-state index contributed by atoms with van der Waals surface area (Å²) >= 11 is 6.19. The first kappa shape index (κ1) is 28.7. The number of methoxy groups -OCH3 is 2. The Bertz CT molecular complexity index is 1550. The van der Waals surface area contributed by atoms with Crippen molar-refractivity contribution >= 4 is 30.1 Å². The molecule has 206 valence electrons. The van der Waals surface area contributed by atoms with Gasteiger partial charge < -0.3 is 18.5 Å². The van der Waals surface area contributed by atoms with Crippen molar-refractivity contribution in [2.75, 3.05) is 27.4 Å². The van der Waals surface area contributed by atoms with Gasteiger partial charge in [-0.1, -0.05) is 17.7 Å². The lowest BCUT2D eigenvalue weighted by Gasteiger charge is -2.17. The minimum Gasteiger partial charge on any atom is -0.493 e. The number of ether oxygens (including phenoxy) is 2. The van der Waals surface area contributed by atoms with Crippen molar-refractivity contribution in [3.63, 3.8) is 0 Å². The van der Waals surface area contributed by atoms with Gasteiger partial charge in [0.2, 0.25) is 0 Å². The predicted octanol–water partition coefficient (Wildman–Crippen LogP) is 5.53. The van der Waals surface area contributed by atoms with Gasteiger partial charge in [-0.15, -0.1) is 0 Å². The van der Waals surface area contributed by atoms with E-state index >= 15 is 0 Å². The van der Waals surface area contributed by atoms with Crippen molar-refractivity contribution in [2.45, 2.75) is 33.0 Å². The number of halogens is 1. The first-order chi connectivity index (χ1) is 18.8. The molecule has 0 unspecified atom stereocenters. The fourth-order valence-electron chi connectivity index (χ4n) is 4.15. The van der Waals surface area contributed by atoms with Crippen molar-refractivity contribution < 1.29 is 23.1 Å². The highest BCUT2D eigenvalue weighted by atomic mass is 35.5. The summed E-state index contributed by atoms with van der Waals surface area (Å²) < 4.78 is 36.0. The molecule has 2 aromatic carbocycles. The highest BCUT2D eigenvalue weighted by molar-refractivity contribution is 7.53. The molecule has 12 heteroatoms. The van der Waals surface area contributed by atoms with Crippen LogP contribution in [-0.4, -0.2) is 47.0 Å². The molecule has 0 atom stereocenters. The van der Waals surface area contributed by atoms with Crippen LogP contribution in [0.25, 0.3) is 22.4 Å². The Kier molecular flexibility index (Phi) is 9.35. The summed E-state index contributed by atoms with van der Waals surface area (Å²) in [5.74, 6) is 1.57. The molecular formula is C27H30ClN4O6P. The Balaban J connectivity index is 1.72. The number of hydrogen-bond acceptors (Lipinski definition) is 9. The number of benzene rings is 2. The van der Waals surface area contributed by atoms with Gasteiger partial charge in [0.1, 0.15) is 5.69 Å². The quantitative estimate of drug-likeness (QED) is 0.202. The molecule has 0 amide bonds. The zero-order valence-electron chi connectivity index (χ0n) is 22.2. The van der Waals surface area contributed by atoms with Gasteiger partial charge in [0.15, 0.2) is 17.3 Å². The average Bonchev–Trinajstić information content (AvgIpc) is 2.92. The number of nitrogens with zero attached hydrogens (tertiary/aromatic N) is 4. The minimum absolute atomic E-state index is 0.0190. The molecule has 0 radical (unpaired) electrons. The maximum Gasteiger partial charge on any atom is 0.336 e. The molecule has 0 N–H and O–H groups in total. The van der Waals surface area contributed by atoms with E-state index in [1.807, 2.05) is 18.2 Å². The van der Waals surface area contributed by atoms with Crippen LogP contribution in [0.5, 0.6) is 11.5 Å². The van der Waals surface area contributed by atoms with Gasteiger partial charge in [-0.25, -0.2) is 9.97 Å². The van der Waals surface area contributed by atoms with E-state index in [2.05, 4.69) is 9.97 Å². The minimum atomic E-state index is -3.35. The third-order valence-corrected chi connectivity index (χ3v) is 8.18. The Morgan fingerprint density at radius 1 is 0.949 bits per heavy atom. The second kappa shape index (κ2) is 12.7. The van der Waals surface area contributed by atoms with Crippen molar-refractivity contribution in [2.24, 2.45) is 0 Å². The van der Waals surface area contributed by atoms with Gasteiger partial charge in [0, 0.05) is 17.8 Å². The summed E-state index contributed by atoms with van der Waals surface area (Å²) in [6.07, 6.45) is 3.50. The maximum atomic E-state index is 13.6. The molecule has 0 fully saturated rings. The van der Waals surface area contributed by atoms with Gasteiger partial charge in [-0.3, -0.25) is 18.9 Å². The standard InChI is InChI=1S/C27H30ClN4O6P/c1-5-37-39(34,38-6-2)17-20-15-30-23(16-29-20)26-31-22-14-19(28)8-9-21(22)27(33)32(26)12-11-18-7-10-24(35-3)25(13-18)36-4/h7-10,13-16H,5-6,11-12,17H2,1-4H3. The Hall–Kier alpha value is -3.30. The van der Waals surface area contributed by atoms with E-state index in [0.29, 0.717) is 57.6 Å². The number of rotatable bonds is 12. The molecule has 0 bridgehead atoms. The molecule has 2 aromatic heterocycles. The molecule has 0 saturated heterocycles. The van der Waals surface area contributed by atoms with Crippen LogP contribution in [0.15, 0.2) is 53.6 Å². The molecule has 4 aromatic rings. The number of fused-ring (bicyclic) bond motifs is 1. The molecule has 0 aliphatic heterocycles. The lowest BCUT2D eigenvalue weighted by Crippen LogP contribution is -2.25. The molecule has 4 rings (SSSR count). The SMILES string of the molecule is CCOP(=O)(Cc1cnc(-c2nc3cc(Cl)ccc3c(=O)n2CCc2ccc(OC)c(OC)c2)cn1)OCC. The molecular weight excluding hydrogens is 543 g/mol. The van der Waals surface area contributed by atoms with Gasteiger partial charge in [-0.05, 0) is 56.2 Å². The van der Waals surface area contributed by atoms with Crippen LogP contribution in [0.4, 0.5) is 0 Å². The zero-order valence-corrected chi connectivity index (χ0v) is 23.9. The van der Waals surface area contributed by atoms with Crippen LogP contribution < -0.4 is 15.0 Å². The van der Waals surface area contributed by atoms with Crippen molar-refractivity contribution in [1.29, 1.82) is 0 Å². The Morgan fingerprint density at radius 3 is 2.33 bits per heavy atom. The smallest absolute Gasteiger partial charge is 0.336 e. The number of hydrogen-bond donors (Lipinski definition) is 0. The second-order valence-corrected chi connectivity index (χ2v) is 11.0. The topological polar surface area (TPSA) is 115 Å². The lowest BCUT2D eigenvalue weighted by atomic mass is 10.1. The average molecular weight is 573 g/mol. The van der Waals surface area contributed by atoms with Crippen LogP contribution in [0.2, 0.25) is 5.02 Å². The van der Waals surface area contributed by atoms with E-state index in [1.54, 1.807) is 50.8 Å². The van der Waals surface area contributed by atoms with Crippen LogP contribution >= 0.6 is 19.2 Å². The molecule has 0 spiro atoms. The molecule has 39 heavy (non-hydrogen) atoms. The van der Waals surface area contributed by atoms with Crippen molar-refractivity contribution in [1.82, 2.24) is 19.5 Å². The summed E-state index contributed by atoms with van der Waals surface area (Å²) in [5.41, 5.74) is 1.99. The van der Waals surface area contributed by atoms with E-state index in [9.17, 15) is 9.36 Å². The predicted molar refractivity (Wildman–Crippen MR) is 150 cm³/mol. The highest BCUT2D eigenvalue weighted by Gasteiger charge is 2.25.